The molecule has 0 saturated heterocycles. The maximum absolute atomic E-state index is 12.9. The number of aryl methyl sites for hydroxylation is 2. The number of carbonyl (C=O) groups is 1. The molecule has 1 amide bonds. The van der Waals surface area contributed by atoms with Gasteiger partial charge in [-0.2, -0.15) is 0 Å². The number of anilines is 1. The van der Waals surface area contributed by atoms with Gasteiger partial charge < -0.3 is 10.3 Å². The Labute approximate surface area is 177 Å². The summed E-state index contributed by atoms with van der Waals surface area (Å²) < 4.78 is 0. The van der Waals surface area contributed by atoms with Gasteiger partial charge in [0.25, 0.3) is 5.56 Å². The molecule has 0 spiro atoms. The van der Waals surface area contributed by atoms with Gasteiger partial charge in [0.1, 0.15) is 5.82 Å². The van der Waals surface area contributed by atoms with Gasteiger partial charge in [-0.05, 0) is 36.6 Å². The summed E-state index contributed by atoms with van der Waals surface area (Å²) >= 11 is 7.58. The summed E-state index contributed by atoms with van der Waals surface area (Å²) in [7, 11) is 0. The van der Waals surface area contributed by atoms with Gasteiger partial charge in [0.15, 0.2) is 5.16 Å². The molecule has 3 aromatic rings. The van der Waals surface area contributed by atoms with E-state index in [1.165, 1.54) is 11.8 Å². The van der Waals surface area contributed by atoms with E-state index in [1.807, 2.05) is 50.2 Å². The number of hydrogen-bond acceptors (Lipinski definition) is 4. The average Bonchev–Trinajstić information content (AvgIpc) is 2.66. The van der Waals surface area contributed by atoms with E-state index in [9.17, 15) is 9.59 Å². The van der Waals surface area contributed by atoms with Gasteiger partial charge in [-0.3, -0.25) is 9.59 Å². The van der Waals surface area contributed by atoms with Gasteiger partial charge in [-0.25, -0.2) is 4.98 Å². The van der Waals surface area contributed by atoms with Crippen LogP contribution in [0.1, 0.15) is 40.2 Å². The highest BCUT2D eigenvalue weighted by Crippen LogP contribution is 2.36. The standard InChI is InChI=1S/C22H20ClN3O2S/c1-12-7-8-15(13(2)9-12)16-10-18(27)24-20-19(16)21(28)26-22(25-20)29-11-14-5-3-4-6-17(14)23/h3-9,16H,10-11H2,1-2H3,(H2,24,25,26,27,28)/t16-/m1/s1. The molecule has 0 saturated carbocycles. The molecular weight excluding hydrogens is 406 g/mol. The van der Waals surface area contributed by atoms with Crippen LogP contribution in [0.15, 0.2) is 52.4 Å². The zero-order chi connectivity index (χ0) is 20.5. The fraction of sp³-hybridized carbons (Fsp3) is 0.227. The van der Waals surface area contributed by atoms with Crippen molar-refractivity contribution in [2.45, 2.75) is 37.1 Å². The fourth-order valence-electron chi connectivity index (χ4n) is 3.66. The second-order valence-corrected chi connectivity index (χ2v) is 8.55. The van der Waals surface area contributed by atoms with Gasteiger partial charge in [0, 0.05) is 23.1 Å². The Morgan fingerprint density at radius 1 is 1.17 bits per heavy atom. The van der Waals surface area contributed by atoms with E-state index < -0.39 is 0 Å². The van der Waals surface area contributed by atoms with E-state index in [2.05, 4.69) is 21.4 Å². The Morgan fingerprint density at radius 3 is 2.72 bits per heavy atom. The lowest BCUT2D eigenvalue weighted by molar-refractivity contribution is -0.116. The van der Waals surface area contributed by atoms with Crippen LogP contribution in [0.4, 0.5) is 5.82 Å². The predicted molar refractivity (Wildman–Crippen MR) is 117 cm³/mol. The minimum atomic E-state index is -0.307. The molecule has 148 valence electrons. The first-order valence-corrected chi connectivity index (χ1v) is 10.7. The lowest BCUT2D eigenvalue weighted by atomic mass is 9.84. The maximum Gasteiger partial charge on any atom is 0.257 e. The Bertz CT molecular complexity index is 1160. The molecule has 1 aromatic heterocycles. The highest BCUT2D eigenvalue weighted by Gasteiger charge is 2.31. The molecule has 0 aliphatic carbocycles. The van der Waals surface area contributed by atoms with E-state index >= 15 is 0 Å². The van der Waals surface area contributed by atoms with Crippen molar-refractivity contribution in [1.82, 2.24) is 9.97 Å². The second-order valence-electron chi connectivity index (χ2n) is 7.18. The maximum atomic E-state index is 12.9. The van der Waals surface area contributed by atoms with Gasteiger partial charge in [-0.15, -0.1) is 0 Å². The van der Waals surface area contributed by atoms with Gasteiger partial charge in [0.05, 0.1) is 5.56 Å². The van der Waals surface area contributed by atoms with E-state index in [1.54, 1.807) is 0 Å². The largest absolute Gasteiger partial charge is 0.310 e. The summed E-state index contributed by atoms with van der Waals surface area (Å²) in [5.74, 6) is 0.466. The normalized spacial score (nSPS) is 15.7. The lowest BCUT2D eigenvalue weighted by Crippen LogP contribution is -2.31. The number of aromatic amines is 1. The minimum Gasteiger partial charge on any atom is -0.310 e. The topological polar surface area (TPSA) is 74.8 Å². The van der Waals surface area contributed by atoms with E-state index in [4.69, 9.17) is 11.6 Å². The molecule has 4 rings (SSSR count). The number of carbonyl (C=O) groups excluding carboxylic acids is 1. The number of benzene rings is 2. The molecule has 2 heterocycles. The number of nitrogens with one attached hydrogen (secondary N) is 2. The van der Waals surface area contributed by atoms with Crippen molar-refractivity contribution in [2.24, 2.45) is 0 Å². The number of nitrogens with zero attached hydrogens (tertiary/aromatic N) is 1. The van der Waals surface area contributed by atoms with Crippen molar-refractivity contribution in [3.63, 3.8) is 0 Å². The van der Waals surface area contributed by atoms with Gasteiger partial charge in [0.2, 0.25) is 5.91 Å². The third-order valence-corrected chi connectivity index (χ3v) is 6.34. The van der Waals surface area contributed by atoms with Crippen LogP contribution in [0.2, 0.25) is 5.02 Å². The van der Waals surface area contributed by atoms with E-state index in [0.717, 1.165) is 22.3 Å². The number of halogens is 1. The number of amides is 1. The Morgan fingerprint density at radius 2 is 1.97 bits per heavy atom. The average molecular weight is 426 g/mol. The number of H-pyrrole nitrogens is 1. The molecule has 2 aromatic carbocycles. The Balaban J connectivity index is 1.69. The molecule has 1 aliphatic rings. The van der Waals surface area contributed by atoms with Crippen molar-refractivity contribution in [1.29, 1.82) is 0 Å². The summed E-state index contributed by atoms with van der Waals surface area (Å²) in [6, 6.07) is 13.6. The molecule has 7 heteroatoms. The summed E-state index contributed by atoms with van der Waals surface area (Å²) in [6.45, 7) is 4.03. The smallest absolute Gasteiger partial charge is 0.257 e. The summed E-state index contributed by atoms with van der Waals surface area (Å²) in [5, 5.41) is 3.90. The molecule has 29 heavy (non-hydrogen) atoms. The first-order valence-electron chi connectivity index (χ1n) is 9.30. The van der Waals surface area contributed by atoms with Crippen LogP contribution in [0.3, 0.4) is 0 Å². The SMILES string of the molecule is Cc1ccc([C@H]2CC(=O)Nc3nc(SCc4ccccc4Cl)[nH]c(=O)c32)c(C)c1. The Kier molecular flexibility index (Phi) is 5.48. The molecular formula is C22H20ClN3O2S. The van der Waals surface area contributed by atoms with E-state index in [-0.39, 0.29) is 23.8 Å². The molecule has 0 unspecified atom stereocenters. The number of rotatable bonds is 4. The third kappa shape index (κ3) is 4.09. The second kappa shape index (κ2) is 8.05. The predicted octanol–water partition coefficient (Wildman–Crippen LogP) is 4.81. The number of hydrogen-bond donors (Lipinski definition) is 2. The molecule has 0 radical (unpaired) electrons. The molecule has 0 fully saturated rings. The van der Waals surface area contributed by atoms with Crippen LogP contribution in [0.5, 0.6) is 0 Å². The quantitative estimate of drug-likeness (QED) is 0.464. The molecule has 1 aliphatic heterocycles. The molecule has 1 atom stereocenters. The first-order chi connectivity index (χ1) is 13.9. The van der Waals surface area contributed by atoms with Crippen LogP contribution < -0.4 is 10.9 Å². The third-order valence-electron chi connectivity index (χ3n) is 5.05. The highest BCUT2D eigenvalue weighted by atomic mass is 35.5. The zero-order valence-corrected chi connectivity index (χ0v) is 17.7. The molecule has 0 bridgehead atoms. The number of fused-ring (bicyclic) bond motifs is 1. The number of thioether (sulfide) groups is 1. The van der Waals surface area contributed by atoms with Crippen molar-refractivity contribution in [3.8, 4) is 0 Å². The van der Waals surface area contributed by atoms with Gasteiger partial charge >= 0.3 is 0 Å². The van der Waals surface area contributed by atoms with Crippen LogP contribution >= 0.6 is 23.4 Å². The van der Waals surface area contributed by atoms with Crippen LogP contribution in [0.25, 0.3) is 0 Å². The fourth-order valence-corrected chi connectivity index (χ4v) is 4.81. The summed E-state index contributed by atoms with van der Waals surface area (Å²) in [6.07, 6.45) is 0.230. The zero-order valence-electron chi connectivity index (χ0n) is 16.1. The van der Waals surface area contributed by atoms with Crippen LogP contribution in [0, 0.1) is 13.8 Å². The minimum absolute atomic E-state index is 0.136. The highest BCUT2D eigenvalue weighted by molar-refractivity contribution is 7.98. The van der Waals surface area contributed by atoms with Crippen molar-refractivity contribution >= 4 is 35.1 Å². The summed E-state index contributed by atoms with van der Waals surface area (Å²) in [5.41, 5.74) is 4.43. The molecule has 2 N–H and O–H groups in total. The monoisotopic (exact) mass is 425 g/mol. The number of aromatic nitrogens is 2. The van der Waals surface area contributed by atoms with Crippen molar-refractivity contribution in [3.05, 3.63) is 85.7 Å². The van der Waals surface area contributed by atoms with Crippen LogP contribution in [-0.4, -0.2) is 15.9 Å². The summed E-state index contributed by atoms with van der Waals surface area (Å²) in [4.78, 5) is 32.7. The van der Waals surface area contributed by atoms with Crippen molar-refractivity contribution in [2.75, 3.05) is 5.32 Å². The first kappa shape index (κ1) is 19.7. The van der Waals surface area contributed by atoms with Crippen molar-refractivity contribution < 1.29 is 4.79 Å². The Hall–Kier alpha value is -2.57. The van der Waals surface area contributed by atoms with Gasteiger partial charge in [-0.1, -0.05) is 65.3 Å². The lowest BCUT2D eigenvalue weighted by Gasteiger charge is -2.25. The van der Waals surface area contributed by atoms with E-state index in [0.29, 0.717) is 27.3 Å². The molecule has 5 nitrogen and oxygen atoms in total. The van der Waals surface area contributed by atoms with Crippen LogP contribution in [-0.2, 0) is 10.5 Å².